The fourth-order valence-corrected chi connectivity index (χ4v) is 5.16. The summed E-state index contributed by atoms with van der Waals surface area (Å²) in [6.07, 6.45) is -4.22. The van der Waals surface area contributed by atoms with Crippen LogP contribution in [0.25, 0.3) is 16.9 Å². The first-order chi connectivity index (χ1) is 20.7. The Balaban J connectivity index is 1.79. The average Bonchev–Trinajstić information content (AvgIpc) is 3.62. The van der Waals surface area contributed by atoms with Gasteiger partial charge >= 0.3 is 30.0 Å². The zero-order valence-corrected chi connectivity index (χ0v) is 24.8. The number of rotatable bonds is 10. The molecule has 4 rings (SSSR count). The molecule has 1 amide bonds. The van der Waals surface area contributed by atoms with E-state index in [1.807, 2.05) is 0 Å². The molecule has 0 unspecified atom stereocenters. The number of imidazole rings is 2. The lowest BCUT2D eigenvalue weighted by Gasteiger charge is -2.24. The number of aromatic nitrogens is 5. The van der Waals surface area contributed by atoms with Crippen LogP contribution in [-0.2, 0) is 56.3 Å². The molecule has 1 saturated heterocycles. The third kappa shape index (κ3) is 6.19. The third-order valence-electron chi connectivity index (χ3n) is 7.01. The summed E-state index contributed by atoms with van der Waals surface area (Å²) >= 11 is 0. The van der Waals surface area contributed by atoms with Gasteiger partial charge in [0.15, 0.2) is 29.6 Å². The molecule has 0 aliphatic carbocycles. The van der Waals surface area contributed by atoms with Gasteiger partial charge in [0.25, 0.3) is 5.56 Å². The van der Waals surface area contributed by atoms with E-state index in [4.69, 9.17) is 18.9 Å². The van der Waals surface area contributed by atoms with Crippen molar-refractivity contribution in [3.8, 4) is 0 Å². The number of esters is 3. The van der Waals surface area contributed by atoms with Crippen molar-refractivity contribution in [3.63, 3.8) is 0 Å². The van der Waals surface area contributed by atoms with Crippen LogP contribution in [0.5, 0.6) is 0 Å². The number of aryl methyl sites for hydroxylation is 3. The van der Waals surface area contributed by atoms with E-state index in [2.05, 4.69) is 20.0 Å². The smallest absolute Gasteiger partial charge is 0.407 e. The molecular formula is C26H32N6O12. The minimum atomic E-state index is -1.29. The van der Waals surface area contributed by atoms with Crippen LogP contribution >= 0.6 is 0 Å². The van der Waals surface area contributed by atoms with Crippen LogP contribution in [0.1, 0.15) is 44.8 Å². The Morgan fingerprint density at radius 3 is 2.34 bits per heavy atom. The maximum absolute atomic E-state index is 13.8. The van der Waals surface area contributed by atoms with Crippen molar-refractivity contribution in [2.75, 3.05) is 13.7 Å². The molecule has 238 valence electrons. The van der Waals surface area contributed by atoms with E-state index in [0.29, 0.717) is 11.4 Å². The minimum Gasteiger partial charge on any atom is -0.480 e. The van der Waals surface area contributed by atoms with Crippen molar-refractivity contribution in [2.45, 2.75) is 71.1 Å². The van der Waals surface area contributed by atoms with Crippen molar-refractivity contribution in [1.82, 2.24) is 28.8 Å². The quantitative estimate of drug-likeness (QED) is 0.221. The number of nitrogens with zero attached hydrogens (tertiary/aromatic N) is 5. The van der Waals surface area contributed by atoms with Crippen molar-refractivity contribution >= 4 is 46.9 Å². The summed E-state index contributed by atoms with van der Waals surface area (Å²) in [6, 6.07) is -1.29. The van der Waals surface area contributed by atoms with Gasteiger partial charge in [0.05, 0.1) is 24.8 Å². The second-order valence-corrected chi connectivity index (χ2v) is 10.0. The van der Waals surface area contributed by atoms with Gasteiger partial charge in [-0.25, -0.2) is 24.0 Å². The van der Waals surface area contributed by atoms with Gasteiger partial charge in [-0.15, -0.1) is 0 Å². The molecule has 0 saturated carbocycles. The SMILES string of the molecule is COC(=O)N[C@H](CCc1c(C)nc2n(C)c3c(ncn3[C@@H]3O[C@H](COC(C)=O)[C@@H](OC(C)=O)[C@H]3OC(C)=O)c(=O)n12)C(=O)O. The first-order valence-corrected chi connectivity index (χ1v) is 13.4. The molecule has 0 spiro atoms. The van der Waals surface area contributed by atoms with Crippen LogP contribution < -0.4 is 10.9 Å². The topological polar surface area (TPSA) is 221 Å². The highest BCUT2D eigenvalue weighted by Crippen LogP contribution is 2.36. The van der Waals surface area contributed by atoms with E-state index in [1.165, 1.54) is 22.2 Å². The molecule has 0 bridgehead atoms. The summed E-state index contributed by atoms with van der Waals surface area (Å²) in [6.45, 7) is 4.85. The highest BCUT2D eigenvalue weighted by molar-refractivity contribution is 5.80. The first-order valence-electron chi connectivity index (χ1n) is 13.4. The number of carbonyl (C=O) groups is 5. The van der Waals surface area contributed by atoms with Crippen LogP contribution in [0.3, 0.4) is 0 Å². The summed E-state index contributed by atoms with van der Waals surface area (Å²) in [4.78, 5) is 81.4. The van der Waals surface area contributed by atoms with Crippen LogP contribution in [0.4, 0.5) is 4.79 Å². The van der Waals surface area contributed by atoms with E-state index < -0.39 is 66.1 Å². The molecule has 5 atom stereocenters. The number of methoxy groups -OCH3 is 1. The Bertz CT molecular complexity index is 1690. The number of hydrogen-bond donors (Lipinski definition) is 2. The Hall–Kier alpha value is -5.00. The average molecular weight is 621 g/mol. The second-order valence-electron chi connectivity index (χ2n) is 10.0. The predicted molar refractivity (Wildman–Crippen MR) is 145 cm³/mol. The van der Waals surface area contributed by atoms with Gasteiger partial charge in [-0.3, -0.25) is 28.3 Å². The Morgan fingerprint density at radius 2 is 1.75 bits per heavy atom. The Kier molecular flexibility index (Phi) is 9.22. The first kappa shape index (κ1) is 31.9. The molecule has 4 heterocycles. The lowest BCUT2D eigenvalue weighted by atomic mass is 10.1. The van der Waals surface area contributed by atoms with Crippen LogP contribution in [-0.4, -0.2) is 96.7 Å². The highest BCUT2D eigenvalue weighted by Gasteiger charge is 2.51. The van der Waals surface area contributed by atoms with Crippen LogP contribution in [0.2, 0.25) is 0 Å². The van der Waals surface area contributed by atoms with Crippen molar-refractivity contribution in [3.05, 3.63) is 28.1 Å². The largest absolute Gasteiger partial charge is 0.480 e. The summed E-state index contributed by atoms with van der Waals surface area (Å²) in [7, 11) is 2.72. The number of hydrogen-bond acceptors (Lipinski definition) is 13. The maximum atomic E-state index is 13.8. The van der Waals surface area contributed by atoms with Crippen molar-refractivity contribution < 1.29 is 52.8 Å². The molecule has 1 fully saturated rings. The van der Waals surface area contributed by atoms with Gasteiger partial charge < -0.3 is 34.1 Å². The molecule has 3 aromatic rings. The molecule has 0 radical (unpaired) electrons. The summed E-state index contributed by atoms with van der Waals surface area (Å²) < 4.78 is 30.9. The normalized spacial score (nSPS) is 20.3. The highest BCUT2D eigenvalue weighted by atomic mass is 16.7. The number of carboxylic acids is 1. The standard InChI is InChI=1S/C26H32N6O12/c1-11-16(8-7-15(24(37)38)29-26(39)40-6)32-22(36)18-21(30(5)25(32)28-11)31(10-27-18)23-20(43-14(4)35)19(42-13(3)34)17(44-23)9-41-12(2)33/h10,15,17,19-20,23H,7-9H2,1-6H3,(H,29,39)(H,37,38)/t15-,17-,19-,20-,23-/m1/s1. The number of ether oxygens (including phenoxy) is 5. The molecule has 2 N–H and O–H groups in total. The number of aliphatic carboxylic acids is 1. The van der Waals surface area contributed by atoms with Gasteiger partial charge in [-0.1, -0.05) is 0 Å². The van der Waals surface area contributed by atoms with E-state index in [9.17, 15) is 33.9 Å². The minimum absolute atomic E-state index is 0.0289. The van der Waals surface area contributed by atoms with E-state index in [0.717, 1.165) is 21.0 Å². The van der Waals surface area contributed by atoms with Gasteiger partial charge in [-0.2, -0.15) is 0 Å². The lowest BCUT2D eigenvalue weighted by Crippen LogP contribution is -2.41. The Morgan fingerprint density at radius 1 is 1.09 bits per heavy atom. The number of nitrogens with one attached hydrogen (secondary N) is 1. The second kappa shape index (κ2) is 12.7. The number of fused-ring (bicyclic) bond motifs is 2. The van der Waals surface area contributed by atoms with Gasteiger partial charge in [0.2, 0.25) is 5.78 Å². The molecular weight excluding hydrogens is 588 g/mol. The number of carboxylic acid groups (broad SMARTS) is 1. The monoisotopic (exact) mass is 620 g/mol. The van der Waals surface area contributed by atoms with E-state index >= 15 is 0 Å². The zero-order chi connectivity index (χ0) is 32.5. The zero-order valence-electron chi connectivity index (χ0n) is 24.8. The van der Waals surface area contributed by atoms with Gasteiger partial charge in [-0.05, 0) is 19.8 Å². The molecule has 3 aromatic heterocycles. The van der Waals surface area contributed by atoms with E-state index in [1.54, 1.807) is 18.5 Å². The van der Waals surface area contributed by atoms with Crippen LogP contribution in [0, 0.1) is 6.92 Å². The number of alkyl carbamates (subject to hydrolysis) is 1. The lowest BCUT2D eigenvalue weighted by molar-refractivity contribution is -0.166. The fourth-order valence-electron chi connectivity index (χ4n) is 5.16. The third-order valence-corrected chi connectivity index (χ3v) is 7.01. The molecule has 18 heteroatoms. The molecule has 44 heavy (non-hydrogen) atoms. The maximum Gasteiger partial charge on any atom is 0.407 e. The summed E-state index contributed by atoms with van der Waals surface area (Å²) in [5, 5.41) is 11.8. The van der Waals surface area contributed by atoms with Gasteiger partial charge in [0.1, 0.15) is 18.8 Å². The van der Waals surface area contributed by atoms with Gasteiger partial charge in [0, 0.05) is 27.8 Å². The fraction of sp³-hybridized carbons (Fsp3) is 0.538. The molecule has 18 nitrogen and oxygen atoms in total. The summed E-state index contributed by atoms with van der Waals surface area (Å²) in [5.41, 5.74) is 0.447. The number of carbonyl (C=O) groups excluding carboxylic acids is 4. The number of amides is 1. The Labute approximate surface area is 248 Å². The van der Waals surface area contributed by atoms with Crippen molar-refractivity contribution in [2.24, 2.45) is 7.05 Å². The molecule has 1 aliphatic heterocycles. The molecule has 1 aliphatic rings. The predicted octanol–water partition coefficient (Wildman–Crippen LogP) is -0.243. The van der Waals surface area contributed by atoms with Crippen LogP contribution in [0.15, 0.2) is 11.1 Å². The summed E-state index contributed by atoms with van der Waals surface area (Å²) in [5.74, 6) is -3.11. The molecule has 0 aromatic carbocycles. The van der Waals surface area contributed by atoms with E-state index in [-0.39, 0.29) is 36.4 Å². The van der Waals surface area contributed by atoms with Crippen molar-refractivity contribution in [1.29, 1.82) is 0 Å².